The lowest BCUT2D eigenvalue weighted by atomic mass is 9.97. The van der Waals surface area contributed by atoms with Crippen LogP contribution >= 0.6 is 0 Å². The highest BCUT2D eigenvalue weighted by molar-refractivity contribution is 5.90. The first kappa shape index (κ1) is 17.4. The van der Waals surface area contributed by atoms with Crippen LogP contribution < -0.4 is 4.90 Å². The van der Waals surface area contributed by atoms with E-state index >= 15 is 0 Å². The zero-order valence-corrected chi connectivity index (χ0v) is 16.1. The van der Waals surface area contributed by atoms with E-state index in [1.807, 2.05) is 35.1 Å². The number of rotatable bonds is 3. The molecule has 4 aromatic rings. The van der Waals surface area contributed by atoms with Crippen molar-refractivity contribution in [2.75, 3.05) is 18.0 Å². The smallest absolute Gasteiger partial charge is 0.257 e. The van der Waals surface area contributed by atoms with Gasteiger partial charge in [-0.05, 0) is 49.6 Å². The maximum Gasteiger partial charge on any atom is 0.257 e. The normalized spacial score (nSPS) is 15.0. The number of benzene rings is 1. The lowest BCUT2D eigenvalue weighted by Crippen LogP contribution is -2.33. The van der Waals surface area contributed by atoms with Crippen molar-refractivity contribution in [2.24, 2.45) is 5.92 Å². The van der Waals surface area contributed by atoms with Gasteiger partial charge in [-0.15, -0.1) is 0 Å². The lowest BCUT2D eigenvalue weighted by molar-refractivity contribution is 0.425. The number of aryl methyl sites for hydroxylation is 1. The van der Waals surface area contributed by atoms with Crippen molar-refractivity contribution in [2.45, 2.75) is 19.8 Å². The van der Waals surface area contributed by atoms with Crippen LogP contribution in [0.2, 0.25) is 0 Å². The number of hydrogen-bond donors (Lipinski definition) is 0. The molecule has 1 aliphatic rings. The van der Waals surface area contributed by atoms with Crippen LogP contribution in [0.3, 0.4) is 0 Å². The minimum atomic E-state index is 0.163. The lowest BCUT2D eigenvalue weighted by Gasteiger charge is -2.31. The third-order valence-electron chi connectivity index (χ3n) is 5.51. The fraction of sp³-hybridized carbons (Fsp3) is 0.273. The van der Waals surface area contributed by atoms with E-state index in [-0.39, 0.29) is 5.92 Å². The second-order valence-electron chi connectivity index (χ2n) is 7.36. The Balaban J connectivity index is 1.52. The summed E-state index contributed by atoms with van der Waals surface area (Å²) in [5.74, 6) is 1.31. The number of piperidine rings is 1. The van der Waals surface area contributed by atoms with E-state index in [0.29, 0.717) is 11.7 Å². The zero-order chi connectivity index (χ0) is 19.8. The van der Waals surface area contributed by atoms with E-state index in [1.54, 1.807) is 6.92 Å². The number of nitriles is 1. The van der Waals surface area contributed by atoms with Gasteiger partial charge >= 0.3 is 0 Å². The summed E-state index contributed by atoms with van der Waals surface area (Å²) < 4.78 is 7.19. The Kier molecular flexibility index (Phi) is 4.24. The number of fused-ring (bicyclic) bond motifs is 1. The first-order valence-electron chi connectivity index (χ1n) is 9.75. The van der Waals surface area contributed by atoms with Crippen LogP contribution in [0, 0.1) is 24.2 Å². The second-order valence-corrected chi connectivity index (χ2v) is 7.36. The van der Waals surface area contributed by atoms with Gasteiger partial charge in [0.2, 0.25) is 0 Å². The average molecular weight is 384 g/mol. The van der Waals surface area contributed by atoms with Gasteiger partial charge in [-0.25, -0.2) is 4.52 Å². The summed E-state index contributed by atoms with van der Waals surface area (Å²) in [6.45, 7) is 3.58. The monoisotopic (exact) mass is 384 g/mol. The number of pyridine rings is 1. The van der Waals surface area contributed by atoms with Gasteiger partial charge in [-0.1, -0.05) is 17.3 Å². The molecule has 4 heterocycles. The molecule has 0 radical (unpaired) electrons. The Morgan fingerprint density at radius 3 is 2.55 bits per heavy atom. The largest absolute Gasteiger partial charge is 0.370 e. The molecule has 0 atom stereocenters. The Labute approximate surface area is 168 Å². The fourth-order valence-electron chi connectivity index (χ4n) is 3.95. The molecule has 0 amide bonds. The molecule has 0 spiro atoms. The minimum absolute atomic E-state index is 0.163. The van der Waals surface area contributed by atoms with Crippen LogP contribution in [-0.2, 0) is 0 Å². The number of hydrogen-bond acceptors (Lipinski definition) is 6. The van der Waals surface area contributed by atoms with Crippen LogP contribution in [0.4, 0.5) is 5.69 Å². The van der Waals surface area contributed by atoms with Crippen LogP contribution in [0.1, 0.15) is 18.7 Å². The molecular weight excluding hydrogens is 364 g/mol. The summed E-state index contributed by atoms with van der Waals surface area (Å²) in [4.78, 5) is 6.65. The van der Waals surface area contributed by atoms with E-state index in [2.05, 4.69) is 44.4 Å². The third kappa shape index (κ3) is 3.13. The van der Waals surface area contributed by atoms with Crippen LogP contribution in [0.25, 0.3) is 28.1 Å². The third-order valence-corrected chi connectivity index (χ3v) is 5.51. The maximum atomic E-state index is 9.19. The molecule has 144 valence electrons. The van der Waals surface area contributed by atoms with E-state index < -0.39 is 0 Å². The molecule has 1 fully saturated rings. The molecule has 3 aromatic heterocycles. The number of nitrogens with zero attached hydrogens (tertiary/aromatic N) is 6. The summed E-state index contributed by atoms with van der Waals surface area (Å²) in [6.07, 6.45) is 5.69. The molecule has 0 unspecified atom stereocenters. The van der Waals surface area contributed by atoms with E-state index in [0.717, 1.165) is 53.8 Å². The molecule has 29 heavy (non-hydrogen) atoms. The molecule has 7 nitrogen and oxygen atoms in total. The molecule has 1 saturated heterocycles. The van der Waals surface area contributed by atoms with Gasteiger partial charge in [0.1, 0.15) is 0 Å². The molecule has 0 saturated carbocycles. The molecule has 1 aliphatic heterocycles. The SMILES string of the molecule is Cc1noc(-c2ccc(-c3cnn4cccc(N5CCC(C#N)CC5)c34)cc2)n1. The Bertz CT molecular complexity index is 1190. The Hall–Kier alpha value is -3.66. The average Bonchev–Trinajstić information content (AvgIpc) is 3.40. The molecular formula is C22H20N6O. The highest BCUT2D eigenvalue weighted by Crippen LogP contribution is 2.34. The van der Waals surface area contributed by atoms with Gasteiger partial charge in [0, 0.05) is 36.3 Å². The Morgan fingerprint density at radius 2 is 1.86 bits per heavy atom. The number of anilines is 1. The highest BCUT2D eigenvalue weighted by Gasteiger charge is 2.22. The van der Waals surface area contributed by atoms with Crippen molar-refractivity contribution >= 4 is 11.2 Å². The summed E-state index contributed by atoms with van der Waals surface area (Å²) in [5.41, 5.74) is 5.30. The highest BCUT2D eigenvalue weighted by atomic mass is 16.5. The van der Waals surface area contributed by atoms with Gasteiger partial charge in [-0.3, -0.25) is 0 Å². The van der Waals surface area contributed by atoms with Crippen molar-refractivity contribution in [1.82, 2.24) is 19.8 Å². The minimum Gasteiger partial charge on any atom is -0.370 e. The first-order chi connectivity index (χ1) is 14.2. The van der Waals surface area contributed by atoms with Crippen LogP contribution in [-0.4, -0.2) is 32.8 Å². The van der Waals surface area contributed by atoms with E-state index in [9.17, 15) is 5.26 Å². The first-order valence-corrected chi connectivity index (χ1v) is 9.75. The van der Waals surface area contributed by atoms with Gasteiger partial charge in [-0.2, -0.15) is 15.3 Å². The second kappa shape index (κ2) is 7.06. The zero-order valence-electron chi connectivity index (χ0n) is 16.1. The van der Waals surface area contributed by atoms with Crippen molar-refractivity contribution in [1.29, 1.82) is 5.26 Å². The van der Waals surface area contributed by atoms with Gasteiger partial charge in [0.25, 0.3) is 5.89 Å². The predicted molar refractivity (Wildman–Crippen MR) is 109 cm³/mol. The van der Waals surface area contributed by atoms with Crippen LogP contribution in [0.15, 0.2) is 53.3 Å². The van der Waals surface area contributed by atoms with Crippen LogP contribution in [0.5, 0.6) is 0 Å². The molecule has 0 bridgehead atoms. The van der Waals surface area contributed by atoms with Gasteiger partial charge < -0.3 is 9.42 Å². The molecule has 0 N–H and O–H groups in total. The van der Waals surface area contributed by atoms with Crippen molar-refractivity contribution in [3.8, 4) is 28.7 Å². The Morgan fingerprint density at radius 1 is 1.10 bits per heavy atom. The topological polar surface area (TPSA) is 83.2 Å². The molecule has 5 rings (SSSR count). The molecule has 7 heteroatoms. The quantitative estimate of drug-likeness (QED) is 0.529. The van der Waals surface area contributed by atoms with Gasteiger partial charge in [0.15, 0.2) is 5.82 Å². The standard InChI is InChI=1S/C22H20N6O/c1-15-25-22(29-26-15)18-6-4-17(5-7-18)19-14-24-28-10-2-3-20(21(19)28)27-11-8-16(13-23)9-12-27/h2-7,10,14,16H,8-9,11-12H2,1H3. The predicted octanol–water partition coefficient (Wildman–Crippen LogP) is 4.10. The summed E-state index contributed by atoms with van der Waals surface area (Å²) in [7, 11) is 0. The van der Waals surface area contributed by atoms with E-state index in [1.165, 1.54) is 0 Å². The van der Waals surface area contributed by atoms with Crippen molar-refractivity contribution in [3.05, 3.63) is 54.6 Å². The van der Waals surface area contributed by atoms with Crippen molar-refractivity contribution < 1.29 is 4.52 Å². The molecule has 0 aliphatic carbocycles. The maximum absolute atomic E-state index is 9.19. The van der Waals surface area contributed by atoms with E-state index in [4.69, 9.17) is 4.52 Å². The summed E-state index contributed by atoms with van der Waals surface area (Å²) in [6, 6.07) is 14.7. The van der Waals surface area contributed by atoms with Gasteiger partial charge in [0.05, 0.1) is 23.5 Å². The summed E-state index contributed by atoms with van der Waals surface area (Å²) in [5, 5.41) is 17.6. The number of aromatic nitrogens is 4. The van der Waals surface area contributed by atoms with Crippen molar-refractivity contribution in [3.63, 3.8) is 0 Å². The summed E-state index contributed by atoms with van der Waals surface area (Å²) >= 11 is 0. The molecule has 1 aromatic carbocycles. The fourth-order valence-corrected chi connectivity index (χ4v) is 3.95.